The highest BCUT2D eigenvalue weighted by atomic mass is 16.5. The molecule has 2 rings (SSSR count). The molecule has 24 heavy (non-hydrogen) atoms. The van der Waals surface area contributed by atoms with Gasteiger partial charge in [0.1, 0.15) is 18.6 Å². The van der Waals surface area contributed by atoms with Gasteiger partial charge in [0.2, 0.25) is 0 Å². The van der Waals surface area contributed by atoms with Crippen LogP contribution in [0.25, 0.3) is 0 Å². The van der Waals surface area contributed by atoms with E-state index in [-0.39, 0.29) is 0 Å². The predicted molar refractivity (Wildman–Crippen MR) is 99.8 cm³/mol. The summed E-state index contributed by atoms with van der Waals surface area (Å²) in [4.78, 5) is 11.2. The summed E-state index contributed by atoms with van der Waals surface area (Å²) in [6.07, 6.45) is 7.66. The van der Waals surface area contributed by atoms with Crippen molar-refractivity contribution in [2.45, 2.75) is 59.0 Å². The maximum absolute atomic E-state index is 11.2. The number of unbranched alkanes of at least 4 members (excludes halogenated alkanes) is 2. The number of carbonyl (C=O) groups excluding carboxylic acids is 1. The average Bonchev–Trinajstić information content (AvgIpc) is 2.63. The van der Waals surface area contributed by atoms with Crippen molar-refractivity contribution in [3.63, 3.8) is 0 Å². The molecule has 2 aromatic carbocycles. The Hall–Kier alpha value is -2.09. The molecule has 0 radical (unpaired) electrons. The van der Waals surface area contributed by atoms with Crippen molar-refractivity contribution in [2.24, 2.45) is 0 Å². The number of carbonyl (C=O) groups is 1. The fraction of sp³-hybridized carbons (Fsp3) is 0.409. The van der Waals surface area contributed by atoms with E-state index >= 15 is 0 Å². The van der Waals surface area contributed by atoms with Gasteiger partial charge in [-0.3, -0.25) is 4.79 Å². The van der Waals surface area contributed by atoms with E-state index in [4.69, 9.17) is 4.74 Å². The van der Waals surface area contributed by atoms with Crippen molar-refractivity contribution in [3.05, 3.63) is 64.7 Å². The second-order valence-corrected chi connectivity index (χ2v) is 6.22. The number of aryl methyl sites for hydroxylation is 2. The van der Waals surface area contributed by atoms with E-state index < -0.39 is 0 Å². The summed E-state index contributed by atoms with van der Waals surface area (Å²) in [6.45, 7) is 4.86. The monoisotopic (exact) mass is 324 g/mol. The molecule has 0 heterocycles. The number of aldehydes is 1. The molecule has 0 fully saturated rings. The van der Waals surface area contributed by atoms with Gasteiger partial charge in [-0.15, -0.1) is 0 Å². The molecule has 0 N–H and O–H groups in total. The third kappa shape index (κ3) is 4.95. The molecular weight excluding hydrogens is 296 g/mol. The van der Waals surface area contributed by atoms with Crippen molar-refractivity contribution >= 4 is 6.29 Å². The zero-order chi connectivity index (χ0) is 17.2. The first kappa shape index (κ1) is 18.3. The number of hydrogen-bond acceptors (Lipinski definition) is 2. The molecule has 0 amide bonds. The third-order valence-electron chi connectivity index (χ3n) is 4.33. The van der Waals surface area contributed by atoms with Gasteiger partial charge in [0.15, 0.2) is 0 Å². The molecule has 0 saturated carbocycles. The maximum Gasteiger partial charge on any atom is 0.150 e. The molecule has 0 atom stereocenters. The minimum Gasteiger partial charge on any atom is -0.488 e. The molecular formula is C22H28O2. The summed E-state index contributed by atoms with van der Waals surface area (Å²) < 4.78 is 6.23. The van der Waals surface area contributed by atoms with Crippen molar-refractivity contribution in [1.82, 2.24) is 0 Å². The van der Waals surface area contributed by atoms with Crippen LogP contribution in [0.5, 0.6) is 5.75 Å². The van der Waals surface area contributed by atoms with Gasteiger partial charge in [-0.1, -0.05) is 69.2 Å². The number of benzene rings is 2. The van der Waals surface area contributed by atoms with E-state index in [0.29, 0.717) is 12.2 Å². The first-order chi connectivity index (χ1) is 11.8. The topological polar surface area (TPSA) is 26.3 Å². The van der Waals surface area contributed by atoms with Gasteiger partial charge in [-0.05, 0) is 42.4 Å². The molecule has 0 saturated heterocycles. The van der Waals surface area contributed by atoms with E-state index in [1.165, 1.54) is 36.8 Å². The van der Waals surface area contributed by atoms with Crippen LogP contribution >= 0.6 is 0 Å². The zero-order valence-corrected chi connectivity index (χ0v) is 14.9. The average molecular weight is 324 g/mol. The molecule has 128 valence electrons. The largest absolute Gasteiger partial charge is 0.488 e. The standard InChI is InChI=1S/C22H28O2/c1-3-5-10-18-14-9-15-19(11-6-4-2)22(18)24-17-21-13-8-7-12-20(21)16-23/h7-9,12-16H,3-6,10-11,17H2,1-2H3. The highest BCUT2D eigenvalue weighted by molar-refractivity contribution is 5.77. The predicted octanol–water partition coefficient (Wildman–Crippen LogP) is 5.76. The SMILES string of the molecule is CCCCc1cccc(CCCC)c1OCc1ccccc1C=O. The summed E-state index contributed by atoms with van der Waals surface area (Å²) in [7, 11) is 0. The quantitative estimate of drug-likeness (QED) is 0.519. The van der Waals surface area contributed by atoms with Crippen molar-refractivity contribution < 1.29 is 9.53 Å². The number of rotatable bonds is 10. The zero-order valence-electron chi connectivity index (χ0n) is 14.9. The van der Waals surface area contributed by atoms with Crippen LogP contribution < -0.4 is 4.74 Å². The summed E-state index contributed by atoms with van der Waals surface area (Å²) in [6, 6.07) is 14.1. The maximum atomic E-state index is 11.2. The van der Waals surface area contributed by atoms with Gasteiger partial charge in [-0.25, -0.2) is 0 Å². The van der Waals surface area contributed by atoms with Crippen LogP contribution in [0.1, 0.15) is 66.6 Å². The van der Waals surface area contributed by atoms with Crippen LogP contribution in [0.4, 0.5) is 0 Å². The fourth-order valence-electron chi connectivity index (χ4n) is 2.88. The van der Waals surface area contributed by atoms with E-state index in [9.17, 15) is 4.79 Å². The Bertz CT molecular complexity index is 620. The van der Waals surface area contributed by atoms with Crippen LogP contribution in [-0.2, 0) is 19.4 Å². The van der Waals surface area contributed by atoms with Gasteiger partial charge in [-0.2, -0.15) is 0 Å². The Balaban J connectivity index is 2.23. The van der Waals surface area contributed by atoms with Gasteiger partial charge < -0.3 is 4.74 Å². The van der Waals surface area contributed by atoms with Crippen LogP contribution in [0.15, 0.2) is 42.5 Å². The number of para-hydroxylation sites is 1. The number of ether oxygens (including phenoxy) is 1. The molecule has 0 aromatic heterocycles. The Kier molecular flexibility index (Phi) is 7.54. The van der Waals surface area contributed by atoms with Gasteiger partial charge in [0.25, 0.3) is 0 Å². The Morgan fingerprint density at radius 2 is 1.42 bits per heavy atom. The lowest BCUT2D eigenvalue weighted by Gasteiger charge is -2.17. The van der Waals surface area contributed by atoms with Gasteiger partial charge in [0.05, 0.1) is 0 Å². The van der Waals surface area contributed by atoms with Gasteiger partial charge in [0, 0.05) is 5.56 Å². The van der Waals surface area contributed by atoms with Crippen LogP contribution in [0.3, 0.4) is 0 Å². The van der Waals surface area contributed by atoms with Crippen LogP contribution in [0.2, 0.25) is 0 Å². The van der Waals surface area contributed by atoms with E-state index in [2.05, 4.69) is 32.0 Å². The van der Waals surface area contributed by atoms with E-state index in [1.54, 1.807) is 0 Å². The van der Waals surface area contributed by atoms with E-state index in [1.807, 2.05) is 24.3 Å². The molecule has 2 nitrogen and oxygen atoms in total. The molecule has 2 heteroatoms. The van der Waals surface area contributed by atoms with Gasteiger partial charge >= 0.3 is 0 Å². The summed E-state index contributed by atoms with van der Waals surface area (Å²) >= 11 is 0. The lowest BCUT2D eigenvalue weighted by atomic mass is 10.00. The minimum atomic E-state index is 0.442. The summed E-state index contributed by atoms with van der Waals surface area (Å²) in [5.41, 5.74) is 4.22. The van der Waals surface area contributed by atoms with E-state index in [0.717, 1.165) is 30.4 Å². The first-order valence-corrected chi connectivity index (χ1v) is 9.06. The summed E-state index contributed by atoms with van der Waals surface area (Å²) in [5.74, 6) is 1.03. The molecule has 0 bridgehead atoms. The molecule has 2 aromatic rings. The Morgan fingerprint density at radius 1 is 0.833 bits per heavy atom. The molecule has 0 aliphatic heterocycles. The fourth-order valence-corrected chi connectivity index (χ4v) is 2.88. The minimum absolute atomic E-state index is 0.442. The molecule has 0 aliphatic rings. The number of hydrogen-bond donors (Lipinski definition) is 0. The van der Waals surface area contributed by atoms with Crippen molar-refractivity contribution in [3.8, 4) is 5.75 Å². The Morgan fingerprint density at radius 3 is 2.00 bits per heavy atom. The Labute approximate surface area is 145 Å². The van der Waals surface area contributed by atoms with Crippen molar-refractivity contribution in [1.29, 1.82) is 0 Å². The molecule has 0 aliphatic carbocycles. The second kappa shape index (κ2) is 9.92. The normalized spacial score (nSPS) is 10.6. The third-order valence-corrected chi connectivity index (χ3v) is 4.33. The first-order valence-electron chi connectivity index (χ1n) is 9.06. The lowest BCUT2D eigenvalue weighted by molar-refractivity contribution is 0.112. The highest BCUT2D eigenvalue weighted by Gasteiger charge is 2.11. The highest BCUT2D eigenvalue weighted by Crippen LogP contribution is 2.28. The van der Waals surface area contributed by atoms with Crippen LogP contribution in [-0.4, -0.2) is 6.29 Å². The molecule has 0 unspecified atom stereocenters. The summed E-state index contributed by atoms with van der Waals surface area (Å²) in [5, 5.41) is 0. The second-order valence-electron chi connectivity index (χ2n) is 6.22. The smallest absolute Gasteiger partial charge is 0.150 e. The lowest BCUT2D eigenvalue weighted by Crippen LogP contribution is -2.04. The van der Waals surface area contributed by atoms with Crippen LogP contribution in [0, 0.1) is 0 Å². The molecule has 0 spiro atoms. The van der Waals surface area contributed by atoms with Crippen molar-refractivity contribution in [2.75, 3.05) is 0 Å².